The van der Waals surface area contributed by atoms with Gasteiger partial charge in [0.15, 0.2) is 0 Å². The molecule has 1 rings (SSSR count). The zero-order valence-electron chi connectivity index (χ0n) is 8.03. The van der Waals surface area contributed by atoms with Crippen LogP contribution < -0.4 is 0 Å². The van der Waals surface area contributed by atoms with Crippen molar-refractivity contribution in [3.8, 4) is 0 Å². The van der Waals surface area contributed by atoms with Crippen LogP contribution in [0.5, 0.6) is 0 Å². The number of hydrogen-bond donors (Lipinski definition) is 1. The van der Waals surface area contributed by atoms with E-state index in [-0.39, 0.29) is 29.8 Å². The van der Waals surface area contributed by atoms with E-state index in [1.54, 1.807) is 11.8 Å². The highest BCUT2D eigenvalue weighted by molar-refractivity contribution is 8.00. The largest absolute Gasteiger partial charge is 0.462 e. The third-order valence-electron chi connectivity index (χ3n) is 2.02. The third kappa shape index (κ3) is 3.19. The average molecular weight is 204 g/mol. The summed E-state index contributed by atoms with van der Waals surface area (Å²) in [6, 6.07) is 0. The maximum atomic E-state index is 11.2. The Bertz CT molecular complexity index is 184. The number of cyclic esters (lactones) is 1. The van der Waals surface area contributed by atoms with E-state index >= 15 is 0 Å². The van der Waals surface area contributed by atoms with Crippen LogP contribution in [0.3, 0.4) is 0 Å². The van der Waals surface area contributed by atoms with Gasteiger partial charge >= 0.3 is 5.97 Å². The molecule has 0 amide bonds. The molecule has 0 saturated carbocycles. The van der Waals surface area contributed by atoms with Crippen LogP contribution in [-0.4, -0.2) is 34.8 Å². The van der Waals surface area contributed by atoms with Crippen LogP contribution in [-0.2, 0) is 9.53 Å². The summed E-state index contributed by atoms with van der Waals surface area (Å²) >= 11 is 1.59. The second-order valence-electron chi connectivity index (χ2n) is 3.59. The predicted molar refractivity (Wildman–Crippen MR) is 52.7 cm³/mol. The summed E-state index contributed by atoms with van der Waals surface area (Å²) in [5.41, 5.74) is 0. The molecule has 0 radical (unpaired) electrons. The average Bonchev–Trinajstić information content (AvgIpc) is 2.41. The van der Waals surface area contributed by atoms with Crippen LogP contribution in [0.4, 0.5) is 0 Å². The van der Waals surface area contributed by atoms with E-state index in [9.17, 15) is 4.79 Å². The Morgan fingerprint density at radius 2 is 2.46 bits per heavy atom. The van der Waals surface area contributed by atoms with Gasteiger partial charge in [-0.05, 0) is 18.6 Å². The van der Waals surface area contributed by atoms with Gasteiger partial charge in [-0.15, -0.1) is 11.8 Å². The van der Waals surface area contributed by atoms with Gasteiger partial charge in [0.1, 0.15) is 11.4 Å². The van der Waals surface area contributed by atoms with Gasteiger partial charge in [0.25, 0.3) is 0 Å². The Balaban J connectivity index is 2.25. The summed E-state index contributed by atoms with van der Waals surface area (Å²) in [7, 11) is 0. The zero-order valence-corrected chi connectivity index (χ0v) is 8.84. The topological polar surface area (TPSA) is 46.5 Å². The molecule has 0 aromatic carbocycles. The predicted octanol–water partition coefficient (Wildman–Crippen LogP) is 1.05. The minimum atomic E-state index is -0.0948. The molecule has 3 nitrogen and oxygen atoms in total. The minimum absolute atomic E-state index is 0.0102. The van der Waals surface area contributed by atoms with Crippen molar-refractivity contribution < 1.29 is 14.6 Å². The highest BCUT2D eigenvalue weighted by Crippen LogP contribution is 2.27. The van der Waals surface area contributed by atoms with E-state index in [0.29, 0.717) is 0 Å². The highest BCUT2D eigenvalue weighted by atomic mass is 32.2. The smallest absolute Gasteiger partial charge is 0.319 e. The lowest BCUT2D eigenvalue weighted by molar-refractivity contribution is -0.140. The van der Waals surface area contributed by atoms with Crippen LogP contribution in [0.25, 0.3) is 0 Å². The molecule has 0 spiro atoms. The molecule has 1 aliphatic rings. The number of carbonyl (C=O) groups excluding carboxylic acids is 1. The Kier molecular flexibility index (Phi) is 4.06. The summed E-state index contributed by atoms with van der Waals surface area (Å²) in [5.74, 6) is 0.986. The molecule has 0 unspecified atom stereocenters. The maximum Gasteiger partial charge on any atom is 0.319 e. The quantitative estimate of drug-likeness (QED) is 0.695. The van der Waals surface area contributed by atoms with Crippen LogP contribution in [0.15, 0.2) is 0 Å². The van der Waals surface area contributed by atoms with Gasteiger partial charge in [0.05, 0.1) is 0 Å². The van der Waals surface area contributed by atoms with E-state index in [2.05, 4.69) is 0 Å². The summed E-state index contributed by atoms with van der Waals surface area (Å²) in [4.78, 5) is 11.2. The van der Waals surface area contributed by atoms with Crippen LogP contribution in [0, 0.1) is 5.92 Å². The van der Waals surface area contributed by atoms with Gasteiger partial charge in [0, 0.05) is 13.0 Å². The maximum absolute atomic E-state index is 11.2. The Hall–Kier alpha value is -0.220. The lowest BCUT2D eigenvalue weighted by Gasteiger charge is -2.09. The lowest BCUT2D eigenvalue weighted by Crippen LogP contribution is -2.13. The van der Waals surface area contributed by atoms with Crippen molar-refractivity contribution in [1.82, 2.24) is 0 Å². The molecule has 1 heterocycles. The SMILES string of the molecule is C[C@@H](CO)CS[C@@H]1C[C@H](C)OC1=O. The van der Waals surface area contributed by atoms with E-state index in [0.717, 1.165) is 12.2 Å². The molecule has 13 heavy (non-hydrogen) atoms. The molecular formula is C9H16O3S. The van der Waals surface area contributed by atoms with E-state index in [1.165, 1.54) is 0 Å². The van der Waals surface area contributed by atoms with Gasteiger partial charge < -0.3 is 9.84 Å². The van der Waals surface area contributed by atoms with Crippen LogP contribution in [0.1, 0.15) is 20.3 Å². The number of aliphatic hydroxyl groups is 1. The molecule has 0 bridgehead atoms. The van der Waals surface area contributed by atoms with Crippen molar-refractivity contribution in [3.05, 3.63) is 0 Å². The molecule has 0 aromatic rings. The fraction of sp³-hybridized carbons (Fsp3) is 0.889. The first-order chi connectivity index (χ1) is 6.13. The molecule has 3 atom stereocenters. The highest BCUT2D eigenvalue weighted by Gasteiger charge is 2.32. The monoisotopic (exact) mass is 204 g/mol. The van der Waals surface area contributed by atoms with E-state index in [4.69, 9.17) is 9.84 Å². The normalized spacial score (nSPS) is 30.2. The molecular weight excluding hydrogens is 188 g/mol. The summed E-state index contributed by atoms with van der Waals surface area (Å²) in [6.45, 7) is 4.06. The zero-order chi connectivity index (χ0) is 9.84. The van der Waals surface area contributed by atoms with Gasteiger partial charge in [-0.2, -0.15) is 0 Å². The fourth-order valence-electron chi connectivity index (χ4n) is 1.19. The van der Waals surface area contributed by atoms with Gasteiger partial charge in [-0.25, -0.2) is 0 Å². The number of ether oxygens (including phenoxy) is 1. The first kappa shape index (κ1) is 10.9. The molecule has 4 heteroatoms. The van der Waals surface area contributed by atoms with Crippen molar-refractivity contribution in [2.45, 2.75) is 31.6 Å². The fourth-order valence-corrected chi connectivity index (χ4v) is 2.45. The van der Waals surface area contributed by atoms with Crippen LogP contribution in [0.2, 0.25) is 0 Å². The Morgan fingerprint density at radius 3 is 2.92 bits per heavy atom. The van der Waals surface area contributed by atoms with E-state index < -0.39 is 0 Å². The number of esters is 1. The molecule has 0 aliphatic carbocycles. The van der Waals surface area contributed by atoms with Crippen molar-refractivity contribution in [2.75, 3.05) is 12.4 Å². The number of rotatable bonds is 4. The van der Waals surface area contributed by atoms with E-state index in [1.807, 2.05) is 13.8 Å². The van der Waals surface area contributed by atoms with Crippen molar-refractivity contribution in [3.63, 3.8) is 0 Å². The van der Waals surface area contributed by atoms with Gasteiger partial charge in [-0.1, -0.05) is 6.92 Å². The Morgan fingerprint density at radius 1 is 1.77 bits per heavy atom. The van der Waals surface area contributed by atoms with Gasteiger partial charge in [0.2, 0.25) is 0 Å². The summed E-state index contributed by atoms with van der Waals surface area (Å²) in [5, 5.41) is 8.79. The standard InChI is InChI=1S/C9H16O3S/c1-6(4-10)5-13-8-3-7(2)12-9(8)11/h6-8,10H,3-5H2,1-2H3/t6-,7-,8+/m0/s1. The van der Waals surface area contributed by atoms with Crippen molar-refractivity contribution in [1.29, 1.82) is 0 Å². The van der Waals surface area contributed by atoms with Crippen LogP contribution >= 0.6 is 11.8 Å². The second-order valence-corrected chi connectivity index (χ2v) is 4.83. The van der Waals surface area contributed by atoms with Gasteiger partial charge in [-0.3, -0.25) is 4.79 Å². The molecule has 76 valence electrons. The summed E-state index contributed by atoms with van der Waals surface area (Å²) in [6.07, 6.45) is 0.871. The lowest BCUT2D eigenvalue weighted by atomic mass is 10.2. The number of aliphatic hydroxyl groups excluding tert-OH is 1. The molecule has 1 N–H and O–H groups in total. The third-order valence-corrected chi connectivity index (χ3v) is 3.57. The van der Waals surface area contributed by atoms with Crippen molar-refractivity contribution in [2.24, 2.45) is 5.92 Å². The van der Waals surface area contributed by atoms with Crippen molar-refractivity contribution >= 4 is 17.7 Å². The number of carbonyl (C=O) groups is 1. The molecule has 0 aromatic heterocycles. The first-order valence-corrected chi connectivity index (χ1v) is 5.61. The minimum Gasteiger partial charge on any atom is -0.462 e. The second kappa shape index (κ2) is 4.86. The first-order valence-electron chi connectivity index (χ1n) is 4.56. The number of thioether (sulfide) groups is 1. The molecule has 1 saturated heterocycles. The number of hydrogen-bond acceptors (Lipinski definition) is 4. The molecule has 1 aliphatic heterocycles. The summed E-state index contributed by atoms with van der Waals surface area (Å²) < 4.78 is 5.02. The Labute approximate surface area is 82.8 Å². The molecule has 1 fully saturated rings.